The standard InChI is InChI=1S/C15H13FN4O/c1-20(11-4-2-3-9(16)7-11)15-18-13-6-5-10(17)8-12(13)14(21)19-15/h2-8H,17H2,1H3,(H,18,19,21). The minimum absolute atomic E-state index is 0.287. The van der Waals surface area contributed by atoms with Gasteiger partial charge in [-0.15, -0.1) is 0 Å². The number of aromatic amines is 1. The number of anilines is 3. The van der Waals surface area contributed by atoms with Crippen molar-refractivity contribution in [3.05, 3.63) is 58.6 Å². The molecule has 0 saturated heterocycles. The molecule has 0 radical (unpaired) electrons. The van der Waals surface area contributed by atoms with Crippen LogP contribution >= 0.6 is 0 Å². The summed E-state index contributed by atoms with van der Waals surface area (Å²) in [5.41, 5.74) is 7.00. The van der Waals surface area contributed by atoms with Crippen molar-refractivity contribution in [1.29, 1.82) is 0 Å². The maximum absolute atomic E-state index is 13.3. The first kappa shape index (κ1) is 13.1. The molecule has 0 saturated carbocycles. The summed E-state index contributed by atoms with van der Waals surface area (Å²) in [6, 6.07) is 11.0. The van der Waals surface area contributed by atoms with E-state index in [-0.39, 0.29) is 11.4 Å². The third kappa shape index (κ3) is 2.43. The number of rotatable bonds is 2. The molecule has 2 aromatic carbocycles. The molecule has 3 N–H and O–H groups in total. The van der Waals surface area contributed by atoms with Gasteiger partial charge >= 0.3 is 0 Å². The molecule has 0 aliphatic carbocycles. The van der Waals surface area contributed by atoms with Gasteiger partial charge in [0.25, 0.3) is 5.56 Å². The van der Waals surface area contributed by atoms with Crippen molar-refractivity contribution in [2.24, 2.45) is 0 Å². The van der Waals surface area contributed by atoms with Gasteiger partial charge in [-0.05, 0) is 36.4 Å². The van der Waals surface area contributed by atoms with E-state index >= 15 is 0 Å². The second-order valence-electron chi connectivity index (χ2n) is 4.71. The average molecular weight is 284 g/mol. The Bertz CT molecular complexity index is 875. The van der Waals surface area contributed by atoms with E-state index in [9.17, 15) is 9.18 Å². The van der Waals surface area contributed by atoms with Crippen LogP contribution in [0.15, 0.2) is 47.3 Å². The number of nitrogens with one attached hydrogen (secondary N) is 1. The predicted molar refractivity (Wildman–Crippen MR) is 81.2 cm³/mol. The summed E-state index contributed by atoms with van der Waals surface area (Å²) in [5, 5.41) is 0.423. The van der Waals surface area contributed by atoms with E-state index in [1.165, 1.54) is 12.1 Å². The first-order valence-electron chi connectivity index (χ1n) is 6.33. The van der Waals surface area contributed by atoms with E-state index in [2.05, 4.69) is 9.97 Å². The van der Waals surface area contributed by atoms with Crippen LogP contribution in [0.4, 0.5) is 21.7 Å². The molecule has 1 aromatic heterocycles. The predicted octanol–water partition coefficient (Wildman–Crippen LogP) is 2.41. The lowest BCUT2D eigenvalue weighted by Gasteiger charge is -2.18. The van der Waals surface area contributed by atoms with Crippen LogP contribution < -0.4 is 16.2 Å². The molecule has 3 rings (SSSR count). The third-order valence-corrected chi connectivity index (χ3v) is 3.23. The molecule has 0 unspecified atom stereocenters. The van der Waals surface area contributed by atoms with Crippen LogP contribution in [0.2, 0.25) is 0 Å². The van der Waals surface area contributed by atoms with Crippen LogP contribution in [0.3, 0.4) is 0 Å². The van der Waals surface area contributed by atoms with E-state index in [1.54, 1.807) is 42.3 Å². The molecule has 3 aromatic rings. The van der Waals surface area contributed by atoms with E-state index in [0.29, 0.717) is 28.2 Å². The van der Waals surface area contributed by atoms with Gasteiger partial charge in [-0.3, -0.25) is 9.78 Å². The highest BCUT2D eigenvalue weighted by molar-refractivity contribution is 5.82. The maximum Gasteiger partial charge on any atom is 0.260 e. The van der Waals surface area contributed by atoms with E-state index < -0.39 is 0 Å². The fourth-order valence-corrected chi connectivity index (χ4v) is 2.11. The Kier molecular flexibility index (Phi) is 3.06. The second-order valence-corrected chi connectivity index (χ2v) is 4.71. The van der Waals surface area contributed by atoms with Crippen LogP contribution in [0, 0.1) is 5.82 Å². The number of halogens is 1. The van der Waals surface area contributed by atoms with Gasteiger partial charge in [-0.2, -0.15) is 0 Å². The minimum Gasteiger partial charge on any atom is -0.399 e. The van der Waals surface area contributed by atoms with Crippen LogP contribution in [-0.2, 0) is 0 Å². The summed E-state index contributed by atoms with van der Waals surface area (Å²) in [7, 11) is 1.70. The Labute approximate surface area is 119 Å². The fourth-order valence-electron chi connectivity index (χ4n) is 2.11. The van der Waals surface area contributed by atoms with Crippen LogP contribution in [-0.4, -0.2) is 17.0 Å². The summed E-state index contributed by atoms with van der Waals surface area (Å²) < 4.78 is 13.3. The van der Waals surface area contributed by atoms with Crippen molar-refractivity contribution in [1.82, 2.24) is 9.97 Å². The lowest BCUT2D eigenvalue weighted by atomic mass is 10.2. The third-order valence-electron chi connectivity index (χ3n) is 3.23. The van der Waals surface area contributed by atoms with Gasteiger partial charge in [0.15, 0.2) is 0 Å². The van der Waals surface area contributed by atoms with Crippen LogP contribution in [0.25, 0.3) is 10.9 Å². The Morgan fingerprint density at radius 3 is 2.81 bits per heavy atom. The van der Waals surface area contributed by atoms with Gasteiger partial charge < -0.3 is 10.6 Å². The monoisotopic (exact) mass is 284 g/mol. The molecule has 106 valence electrons. The van der Waals surface area contributed by atoms with E-state index in [0.717, 1.165) is 0 Å². The number of nitrogen functional groups attached to an aromatic ring is 1. The molecule has 6 heteroatoms. The van der Waals surface area contributed by atoms with Crippen LogP contribution in [0.1, 0.15) is 0 Å². The minimum atomic E-state index is -0.352. The SMILES string of the molecule is CN(c1cccc(F)c1)c1nc2ccc(N)cc2c(=O)[nH]1. The van der Waals surface area contributed by atoms with Gasteiger partial charge in [-0.1, -0.05) is 6.07 Å². The summed E-state index contributed by atoms with van der Waals surface area (Å²) in [6.45, 7) is 0. The van der Waals surface area contributed by atoms with Gasteiger partial charge in [0.2, 0.25) is 5.95 Å². The highest BCUT2D eigenvalue weighted by Gasteiger charge is 2.10. The quantitative estimate of drug-likeness (QED) is 0.709. The summed E-state index contributed by atoms with van der Waals surface area (Å²) in [6.07, 6.45) is 0. The molecule has 0 spiro atoms. The van der Waals surface area contributed by atoms with Gasteiger partial charge in [0.1, 0.15) is 5.82 Å². The van der Waals surface area contributed by atoms with Crippen molar-refractivity contribution >= 4 is 28.2 Å². The molecule has 0 aliphatic rings. The molecule has 21 heavy (non-hydrogen) atoms. The van der Waals surface area contributed by atoms with Gasteiger partial charge in [0.05, 0.1) is 10.9 Å². The molecular formula is C15H13FN4O. The fraction of sp³-hybridized carbons (Fsp3) is 0.0667. The first-order valence-corrected chi connectivity index (χ1v) is 6.33. The van der Waals surface area contributed by atoms with Crippen molar-refractivity contribution in [2.45, 2.75) is 0 Å². The molecule has 0 amide bonds. The summed E-state index contributed by atoms with van der Waals surface area (Å²) >= 11 is 0. The number of hydrogen-bond donors (Lipinski definition) is 2. The largest absolute Gasteiger partial charge is 0.399 e. The maximum atomic E-state index is 13.3. The normalized spacial score (nSPS) is 10.8. The topological polar surface area (TPSA) is 75.0 Å². The number of benzene rings is 2. The molecule has 5 nitrogen and oxygen atoms in total. The lowest BCUT2D eigenvalue weighted by molar-refractivity contribution is 0.628. The zero-order valence-electron chi connectivity index (χ0n) is 11.3. The van der Waals surface area contributed by atoms with Gasteiger partial charge in [0, 0.05) is 18.4 Å². The summed E-state index contributed by atoms with van der Waals surface area (Å²) in [5.74, 6) is -0.0156. The molecule has 0 aliphatic heterocycles. The number of H-pyrrole nitrogens is 1. The number of nitrogens with two attached hydrogens (primary N) is 1. The molecule has 1 heterocycles. The zero-order valence-corrected chi connectivity index (χ0v) is 11.3. The number of aromatic nitrogens is 2. The molecule has 0 fully saturated rings. The molecule has 0 atom stereocenters. The molecular weight excluding hydrogens is 271 g/mol. The lowest BCUT2D eigenvalue weighted by Crippen LogP contribution is -2.19. The van der Waals surface area contributed by atoms with Crippen molar-refractivity contribution < 1.29 is 4.39 Å². The highest BCUT2D eigenvalue weighted by Crippen LogP contribution is 2.21. The van der Waals surface area contributed by atoms with Crippen molar-refractivity contribution in [2.75, 3.05) is 17.7 Å². The Hall–Kier alpha value is -2.89. The Morgan fingerprint density at radius 2 is 2.05 bits per heavy atom. The number of fused-ring (bicyclic) bond motifs is 1. The molecule has 0 bridgehead atoms. The average Bonchev–Trinajstić information content (AvgIpc) is 2.47. The zero-order chi connectivity index (χ0) is 15.0. The van der Waals surface area contributed by atoms with Crippen molar-refractivity contribution in [3.8, 4) is 0 Å². The summed E-state index contributed by atoms with van der Waals surface area (Å²) in [4.78, 5) is 20.8. The van der Waals surface area contributed by atoms with Crippen molar-refractivity contribution in [3.63, 3.8) is 0 Å². The van der Waals surface area contributed by atoms with Gasteiger partial charge in [-0.25, -0.2) is 9.37 Å². The first-order chi connectivity index (χ1) is 10.0. The van der Waals surface area contributed by atoms with E-state index in [1.807, 2.05) is 0 Å². The Balaban J connectivity index is 2.13. The highest BCUT2D eigenvalue weighted by atomic mass is 19.1. The van der Waals surface area contributed by atoms with Crippen LogP contribution in [0.5, 0.6) is 0 Å². The number of hydrogen-bond acceptors (Lipinski definition) is 4. The number of nitrogens with zero attached hydrogens (tertiary/aromatic N) is 2. The van der Waals surface area contributed by atoms with E-state index in [4.69, 9.17) is 5.73 Å². The Morgan fingerprint density at radius 1 is 1.24 bits per heavy atom. The smallest absolute Gasteiger partial charge is 0.260 e. The second kappa shape index (κ2) is 4.90.